The minimum absolute atomic E-state index is 0.344. The molecule has 0 atom stereocenters. The number of halogens is 3. The Balaban J connectivity index is 2.65. The Hall–Kier alpha value is -0.680. The first-order valence-electron chi connectivity index (χ1n) is 4.98. The number of thioether (sulfide) groups is 1. The largest absolute Gasteiger partial charge is 0.416 e. The highest BCUT2D eigenvalue weighted by Gasteiger charge is 2.32. The van der Waals surface area contributed by atoms with Gasteiger partial charge in [-0.2, -0.15) is 24.9 Å². The summed E-state index contributed by atoms with van der Waals surface area (Å²) >= 11 is 1.48. The van der Waals surface area contributed by atoms with Gasteiger partial charge in [-0.05, 0) is 30.3 Å². The van der Waals surface area contributed by atoms with E-state index in [1.165, 1.54) is 23.9 Å². The second-order valence-electron chi connectivity index (χ2n) is 3.35. The third-order valence-electron chi connectivity index (χ3n) is 2.07. The predicted octanol–water partition coefficient (Wildman–Crippen LogP) is 3.29. The van der Waals surface area contributed by atoms with Crippen LogP contribution in [0.3, 0.4) is 0 Å². The van der Waals surface area contributed by atoms with Gasteiger partial charge in [0.2, 0.25) is 0 Å². The fourth-order valence-corrected chi connectivity index (χ4v) is 2.28. The topological polar surface area (TPSA) is 26.0 Å². The van der Waals surface area contributed by atoms with E-state index in [1.807, 2.05) is 0 Å². The molecule has 16 heavy (non-hydrogen) atoms. The third-order valence-corrected chi connectivity index (χ3v) is 3.17. The van der Waals surface area contributed by atoms with Crippen LogP contribution in [0, 0.1) is 0 Å². The van der Waals surface area contributed by atoms with Gasteiger partial charge in [0.25, 0.3) is 0 Å². The van der Waals surface area contributed by atoms with Crippen LogP contribution in [0.15, 0.2) is 24.3 Å². The predicted molar refractivity (Wildman–Crippen MR) is 61.3 cm³/mol. The lowest BCUT2D eigenvalue weighted by Gasteiger charge is -2.12. The highest BCUT2D eigenvalue weighted by Crippen LogP contribution is 2.33. The van der Waals surface area contributed by atoms with E-state index in [0.29, 0.717) is 17.9 Å². The van der Waals surface area contributed by atoms with E-state index in [0.717, 1.165) is 18.2 Å². The molecule has 0 heterocycles. The lowest BCUT2D eigenvalue weighted by molar-refractivity contribution is -0.138. The van der Waals surface area contributed by atoms with E-state index in [-0.39, 0.29) is 0 Å². The average Bonchev–Trinajstić information content (AvgIpc) is 2.24. The van der Waals surface area contributed by atoms with Crippen LogP contribution in [-0.2, 0) is 11.9 Å². The summed E-state index contributed by atoms with van der Waals surface area (Å²) in [5.74, 6) is 1.18. The van der Waals surface area contributed by atoms with Crippen molar-refractivity contribution in [1.82, 2.24) is 0 Å². The molecule has 0 spiro atoms. The van der Waals surface area contributed by atoms with E-state index in [9.17, 15) is 13.2 Å². The smallest absolute Gasteiger partial charge is 0.330 e. The number of benzene rings is 1. The maximum absolute atomic E-state index is 12.6. The van der Waals surface area contributed by atoms with Gasteiger partial charge in [0, 0.05) is 5.75 Å². The van der Waals surface area contributed by atoms with Crippen LogP contribution in [0.4, 0.5) is 13.2 Å². The Kier molecular flexibility index (Phi) is 5.15. The molecule has 0 radical (unpaired) electrons. The fraction of sp³-hybridized carbons (Fsp3) is 0.455. The van der Waals surface area contributed by atoms with Gasteiger partial charge in [-0.15, -0.1) is 0 Å². The van der Waals surface area contributed by atoms with Crippen molar-refractivity contribution >= 4 is 11.8 Å². The van der Waals surface area contributed by atoms with Gasteiger partial charge >= 0.3 is 6.18 Å². The van der Waals surface area contributed by atoms with Crippen molar-refractivity contribution < 1.29 is 13.2 Å². The summed E-state index contributed by atoms with van der Waals surface area (Å²) in [4.78, 5) is 0. The van der Waals surface area contributed by atoms with E-state index >= 15 is 0 Å². The Labute approximate surface area is 97.2 Å². The van der Waals surface area contributed by atoms with Crippen molar-refractivity contribution in [2.75, 3.05) is 12.3 Å². The van der Waals surface area contributed by atoms with E-state index < -0.39 is 11.7 Å². The van der Waals surface area contributed by atoms with Gasteiger partial charge in [0.05, 0.1) is 5.56 Å². The molecule has 1 aromatic carbocycles. The molecule has 0 saturated heterocycles. The minimum atomic E-state index is -4.26. The van der Waals surface area contributed by atoms with Crippen molar-refractivity contribution in [1.29, 1.82) is 0 Å². The molecule has 1 nitrogen and oxygen atoms in total. The SMILES string of the molecule is NCCCSCc1ccccc1C(F)(F)F. The summed E-state index contributed by atoms with van der Waals surface area (Å²) in [5.41, 5.74) is 5.13. The first-order valence-corrected chi connectivity index (χ1v) is 6.14. The molecule has 0 saturated carbocycles. The lowest BCUT2D eigenvalue weighted by Crippen LogP contribution is -2.08. The quantitative estimate of drug-likeness (QED) is 0.810. The molecule has 0 aromatic heterocycles. The molecule has 0 aliphatic carbocycles. The lowest BCUT2D eigenvalue weighted by atomic mass is 10.1. The summed E-state index contributed by atoms with van der Waals surface area (Å²) in [7, 11) is 0. The van der Waals surface area contributed by atoms with E-state index in [1.54, 1.807) is 6.07 Å². The van der Waals surface area contributed by atoms with Crippen LogP contribution in [-0.4, -0.2) is 12.3 Å². The summed E-state index contributed by atoms with van der Waals surface area (Å²) in [6.45, 7) is 0.577. The van der Waals surface area contributed by atoms with Crippen LogP contribution in [0.5, 0.6) is 0 Å². The molecule has 5 heteroatoms. The van der Waals surface area contributed by atoms with Crippen LogP contribution < -0.4 is 5.73 Å². The Bertz CT molecular complexity index is 325. The Morgan fingerprint density at radius 3 is 2.50 bits per heavy atom. The van der Waals surface area contributed by atoms with Gasteiger partial charge < -0.3 is 5.73 Å². The number of hydrogen-bond acceptors (Lipinski definition) is 2. The fourth-order valence-electron chi connectivity index (χ4n) is 1.29. The zero-order valence-corrected chi connectivity index (χ0v) is 9.57. The molecule has 0 unspecified atom stereocenters. The van der Waals surface area contributed by atoms with E-state index in [2.05, 4.69) is 0 Å². The molecule has 1 rings (SSSR count). The monoisotopic (exact) mass is 249 g/mol. The molecular formula is C11H14F3NS. The zero-order valence-electron chi connectivity index (χ0n) is 8.76. The Morgan fingerprint density at radius 1 is 1.19 bits per heavy atom. The third kappa shape index (κ3) is 4.06. The number of alkyl halides is 3. The molecule has 0 bridgehead atoms. The Morgan fingerprint density at radius 2 is 1.88 bits per heavy atom. The standard InChI is InChI=1S/C11H14F3NS/c12-11(13,14)10-5-2-1-4-9(10)8-16-7-3-6-15/h1-2,4-5H,3,6-8,15H2. The van der Waals surface area contributed by atoms with Gasteiger partial charge in [-0.1, -0.05) is 18.2 Å². The summed E-state index contributed by atoms with van der Waals surface area (Å²) < 4.78 is 37.8. The normalized spacial score (nSPS) is 11.8. The first kappa shape index (κ1) is 13.4. The van der Waals surface area contributed by atoms with Crippen LogP contribution in [0.25, 0.3) is 0 Å². The molecule has 1 aromatic rings. The highest BCUT2D eigenvalue weighted by atomic mass is 32.2. The van der Waals surface area contributed by atoms with Crippen LogP contribution in [0.2, 0.25) is 0 Å². The van der Waals surface area contributed by atoms with Crippen molar-refractivity contribution in [3.05, 3.63) is 35.4 Å². The van der Waals surface area contributed by atoms with E-state index in [4.69, 9.17) is 5.73 Å². The van der Waals surface area contributed by atoms with Crippen molar-refractivity contribution in [3.8, 4) is 0 Å². The molecular weight excluding hydrogens is 235 g/mol. The molecule has 0 amide bonds. The van der Waals surface area contributed by atoms with Crippen molar-refractivity contribution in [3.63, 3.8) is 0 Å². The van der Waals surface area contributed by atoms with Crippen molar-refractivity contribution in [2.45, 2.75) is 18.3 Å². The molecule has 0 aliphatic rings. The van der Waals surface area contributed by atoms with Gasteiger partial charge in [-0.25, -0.2) is 0 Å². The van der Waals surface area contributed by atoms with Gasteiger partial charge in [0.15, 0.2) is 0 Å². The first-order chi connectivity index (χ1) is 7.55. The van der Waals surface area contributed by atoms with Crippen LogP contribution >= 0.6 is 11.8 Å². The van der Waals surface area contributed by atoms with Crippen molar-refractivity contribution in [2.24, 2.45) is 5.73 Å². The molecule has 90 valence electrons. The summed E-state index contributed by atoms with van der Waals surface area (Å²) in [6.07, 6.45) is -3.43. The minimum Gasteiger partial charge on any atom is -0.330 e. The second kappa shape index (κ2) is 6.15. The maximum Gasteiger partial charge on any atom is 0.416 e. The molecule has 2 N–H and O–H groups in total. The highest BCUT2D eigenvalue weighted by molar-refractivity contribution is 7.98. The number of rotatable bonds is 5. The molecule has 0 fully saturated rings. The average molecular weight is 249 g/mol. The van der Waals surface area contributed by atoms with Crippen LogP contribution in [0.1, 0.15) is 17.5 Å². The maximum atomic E-state index is 12.6. The summed E-state index contributed by atoms with van der Waals surface area (Å²) in [6, 6.07) is 5.70. The zero-order chi connectivity index (χ0) is 12.0. The van der Waals surface area contributed by atoms with Gasteiger partial charge in [0.1, 0.15) is 0 Å². The number of hydrogen-bond donors (Lipinski definition) is 1. The summed E-state index contributed by atoms with van der Waals surface area (Å²) in [5, 5.41) is 0. The second-order valence-corrected chi connectivity index (χ2v) is 4.45. The number of nitrogens with two attached hydrogens (primary N) is 1. The van der Waals surface area contributed by atoms with Gasteiger partial charge in [-0.3, -0.25) is 0 Å². The molecule has 0 aliphatic heterocycles.